The predicted molar refractivity (Wildman–Crippen MR) is 119 cm³/mol. The zero-order valence-corrected chi connectivity index (χ0v) is 18.9. The molecule has 1 atom stereocenters. The lowest BCUT2D eigenvalue weighted by Crippen LogP contribution is -2.23. The predicted octanol–water partition coefficient (Wildman–Crippen LogP) is 3.78. The summed E-state index contributed by atoms with van der Waals surface area (Å²) in [5, 5.41) is 4.96. The van der Waals surface area contributed by atoms with Gasteiger partial charge in [-0.3, -0.25) is 9.36 Å². The number of ether oxygens (including phenoxy) is 1. The smallest absolute Gasteiger partial charge is 0.258 e. The van der Waals surface area contributed by atoms with Crippen molar-refractivity contribution in [2.75, 3.05) is 12.9 Å². The molecule has 1 aromatic carbocycles. The van der Waals surface area contributed by atoms with Gasteiger partial charge in [-0.05, 0) is 75.8 Å². The van der Waals surface area contributed by atoms with Crippen LogP contribution in [-0.4, -0.2) is 35.6 Å². The molecule has 164 valence electrons. The fourth-order valence-electron chi connectivity index (χ4n) is 4.57. The van der Waals surface area contributed by atoms with Crippen LogP contribution in [0.3, 0.4) is 0 Å². The Morgan fingerprint density at radius 1 is 1.06 bits per heavy atom. The van der Waals surface area contributed by atoms with Gasteiger partial charge in [0.15, 0.2) is 16.1 Å². The van der Waals surface area contributed by atoms with Crippen LogP contribution < -0.4 is 5.56 Å². The van der Waals surface area contributed by atoms with Gasteiger partial charge < -0.3 is 4.74 Å². The average molecular weight is 442 g/mol. The first kappa shape index (κ1) is 20.5. The highest BCUT2D eigenvalue weighted by Gasteiger charge is 2.33. The minimum absolute atomic E-state index is 0.106. The average Bonchev–Trinajstić information content (AvgIpc) is 3.50. The highest BCUT2D eigenvalue weighted by Crippen LogP contribution is 2.43. The Labute approximate surface area is 181 Å². The standard InChI is InChI=1S/C23H27N3O4S/c1-14-12-17(9-10-19(14)31(3,28)29)25-22-18(13-15(2)23(25)27)26(20-6-4-5-11-30-20)24-21(22)16-7-8-16/h9-10,12-13,16,20H,4-8,11H2,1-3H3. The maximum Gasteiger partial charge on any atom is 0.258 e. The van der Waals surface area contributed by atoms with E-state index in [1.807, 2.05) is 17.7 Å². The summed E-state index contributed by atoms with van der Waals surface area (Å²) >= 11 is 0. The molecular weight excluding hydrogens is 414 g/mol. The number of benzene rings is 1. The van der Waals surface area contributed by atoms with Crippen LogP contribution in [0.5, 0.6) is 0 Å². The Kier molecular flexibility index (Phi) is 4.82. The van der Waals surface area contributed by atoms with Crippen molar-refractivity contribution in [3.05, 3.63) is 51.4 Å². The minimum Gasteiger partial charge on any atom is -0.356 e. The highest BCUT2D eigenvalue weighted by atomic mass is 32.2. The molecule has 2 aromatic heterocycles. The monoisotopic (exact) mass is 441 g/mol. The molecule has 0 spiro atoms. The lowest BCUT2D eigenvalue weighted by Gasteiger charge is -2.23. The van der Waals surface area contributed by atoms with Crippen molar-refractivity contribution in [3.63, 3.8) is 0 Å². The molecule has 1 saturated carbocycles. The number of hydrogen-bond donors (Lipinski definition) is 0. The molecule has 3 heterocycles. The summed E-state index contributed by atoms with van der Waals surface area (Å²) in [6.45, 7) is 4.29. The molecule has 1 aliphatic heterocycles. The number of sulfone groups is 1. The van der Waals surface area contributed by atoms with Crippen molar-refractivity contribution in [1.82, 2.24) is 14.3 Å². The number of rotatable bonds is 4. The van der Waals surface area contributed by atoms with Gasteiger partial charge in [-0.25, -0.2) is 13.1 Å². The first-order valence-electron chi connectivity index (χ1n) is 10.8. The van der Waals surface area contributed by atoms with Crippen LogP contribution in [0.2, 0.25) is 0 Å². The van der Waals surface area contributed by atoms with E-state index in [2.05, 4.69) is 0 Å². The zero-order chi connectivity index (χ0) is 21.9. The van der Waals surface area contributed by atoms with E-state index in [0.29, 0.717) is 22.7 Å². The van der Waals surface area contributed by atoms with Crippen LogP contribution in [-0.2, 0) is 14.6 Å². The van der Waals surface area contributed by atoms with E-state index in [4.69, 9.17) is 9.84 Å². The molecule has 31 heavy (non-hydrogen) atoms. The maximum absolute atomic E-state index is 13.3. The van der Waals surface area contributed by atoms with Crippen molar-refractivity contribution in [1.29, 1.82) is 0 Å². The first-order chi connectivity index (χ1) is 14.8. The molecule has 2 fully saturated rings. The van der Waals surface area contributed by atoms with Crippen molar-refractivity contribution in [3.8, 4) is 5.69 Å². The molecule has 0 N–H and O–H groups in total. The molecule has 0 bridgehead atoms. The van der Waals surface area contributed by atoms with Crippen LogP contribution >= 0.6 is 0 Å². The van der Waals surface area contributed by atoms with Gasteiger partial charge in [-0.1, -0.05) is 0 Å². The molecule has 1 aliphatic carbocycles. The summed E-state index contributed by atoms with van der Waals surface area (Å²) in [4.78, 5) is 13.6. The second kappa shape index (κ2) is 7.31. The summed E-state index contributed by atoms with van der Waals surface area (Å²) < 4.78 is 33.8. The van der Waals surface area contributed by atoms with Crippen molar-refractivity contribution in [2.45, 2.75) is 63.0 Å². The summed E-state index contributed by atoms with van der Waals surface area (Å²) in [5.41, 5.74) is 4.45. The summed E-state index contributed by atoms with van der Waals surface area (Å²) in [7, 11) is -3.34. The quantitative estimate of drug-likeness (QED) is 0.615. The third kappa shape index (κ3) is 3.51. The van der Waals surface area contributed by atoms with Gasteiger partial charge >= 0.3 is 0 Å². The second-order valence-electron chi connectivity index (χ2n) is 8.85. The van der Waals surface area contributed by atoms with Crippen LogP contribution in [0.15, 0.2) is 34.0 Å². The third-order valence-corrected chi connectivity index (χ3v) is 7.53. The topological polar surface area (TPSA) is 83.2 Å². The Balaban J connectivity index is 1.79. The van der Waals surface area contributed by atoms with Crippen LogP contribution in [0.25, 0.3) is 16.7 Å². The lowest BCUT2D eigenvalue weighted by atomic mass is 10.1. The van der Waals surface area contributed by atoms with Gasteiger partial charge in [0.25, 0.3) is 5.56 Å². The molecule has 1 unspecified atom stereocenters. The molecule has 0 radical (unpaired) electrons. The maximum atomic E-state index is 13.3. The van der Waals surface area contributed by atoms with Crippen LogP contribution in [0, 0.1) is 13.8 Å². The van der Waals surface area contributed by atoms with Gasteiger partial charge in [0.2, 0.25) is 0 Å². The Hall–Kier alpha value is -2.45. The summed E-state index contributed by atoms with van der Waals surface area (Å²) in [6, 6.07) is 7.01. The molecule has 1 saturated heterocycles. The number of aryl methyl sites for hydroxylation is 2. The summed E-state index contributed by atoms with van der Waals surface area (Å²) in [6.07, 6.45) is 6.25. The fraction of sp³-hybridized carbons (Fsp3) is 0.478. The first-order valence-corrected chi connectivity index (χ1v) is 12.7. The fourth-order valence-corrected chi connectivity index (χ4v) is 5.53. The van der Waals surface area contributed by atoms with Crippen molar-refractivity contribution in [2.24, 2.45) is 0 Å². The molecule has 5 rings (SSSR count). The van der Waals surface area contributed by atoms with E-state index in [-0.39, 0.29) is 16.7 Å². The van der Waals surface area contributed by atoms with E-state index in [1.165, 1.54) is 6.26 Å². The molecule has 2 aliphatic rings. The van der Waals surface area contributed by atoms with Gasteiger partial charge in [0.05, 0.1) is 21.6 Å². The molecule has 0 amide bonds. The molecule has 8 heteroatoms. The van der Waals surface area contributed by atoms with E-state index >= 15 is 0 Å². The summed E-state index contributed by atoms with van der Waals surface area (Å²) in [5.74, 6) is 0.345. The van der Waals surface area contributed by atoms with Crippen LogP contribution in [0.4, 0.5) is 0 Å². The number of nitrogens with zero attached hydrogens (tertiary/aromatic N) is 3. The van der Waals surface area contributed by atoms with E-state index in [9.17, 15) is 13.2 Å². The molecule has 7 nitrogen and oxygen atoms in total. The van der Waals surface area contributed by atoms with Crippen LogP contribution in [0.1, 0.15) is 61.1 Å². The minimum atomic E-state index is -3.34. The Bertz CT molecular complexity index is 1340. The SMILES string of the molecule is Cc1cc(-n2c(=O)c(C)cc3c2c(C2CC2)nn3C2CCCCO2)ccc1S(C)(=O)=O. The number of fused-ring (bicyclic) bond motifs is 1. The Morgan fingerprint density at radius 2 is 1.84 bits per heavy atom. The van der Waals surface area contributed by atoms with Gasteiger partial charge in [-0.2, -0.15) is 5.10 Å². The second-order valence-corrected chi connectivity index (χ2v) is 10.8. The van der Waals surface area contributed by atoms with Gasteiger partial charge in [-0.15, -0.1) is 0 Å². The lowest BCUT2D eigenvalue weighted by molar-refractivity contribution is -0.0369. The van der Waals surface area contributed by atoms with E-state index in [1.54, 1.807) is 29.7 Å². The number of aromatic nitrogens is 3. The Morgan fingerprint density at radius 3 is 2.45 bits per heavy atom. The zero-order valence-electron chi connectivity index (χ0n) is 18.1. The van der Waals surface area contributed by atoms with E-state index in [0.717, 1.165) is 55.4 Å². The van der Waals surface area contributed by atoms with Gasteiger partial charge in [0.1, 0.15) is 0 Å². The van der Waals surface area contributed by atoms with Crippen molar-refractivity contribution >= 4 is 20.9 Å². The molecule has 3 aromatic rings. The highest BCUT2D eigenvalue weighted by molar-refractivity contribution is 7.90. The van der Waals surface area contributed by atoms with E-state index < -0.39 is 9.84 Å². The number of hydrogen-bond acceptors (Lipinski definition) is 5. The number of pyridine rings is 1. The van der Waals surface area contributed by atoms with Crippen molar-refractivity contribution < 1.29 is 13.2 Å². The van der Waals surface area contributed by atoms with Gasteiger partial charge in [0, 0.05) is 30.0 Å². The largest absolute Gasteiger partial charge is 0.356 e. The molecular formula is C23H27N3O4S. The normalized spacial score (nSPS) is 19.8. The third-order valence-electron chi connectivity index (χ3n) is 6.27.